The lowest BCUT2D eigenvalue weighted by Gasteiger charge is -2.28. The molecule has 2 N–H and O–H groups in total. The molecule has 0 bridgehead atoms. The molecule has 0 saturated carbocycles. The van der Waals surface area contributed by atoms with Crippen molar-refractivity contribution in [2.75, 3.05) is 12.4 Å². The summed E-state index contributed by atoms with van der Waals surface area (Å²) in [7, 11) is 1.53. The van der Waals surface area contributed by atoms with Crippen molar-refractivity contribution in [2.45, 2.75) is 25.4 Å². The number of hydrogen-bond donors (Lipinski definition) is 2. The minimum absolute atomic E-state index is 0.371. The van der Waals surface area contributed by atoms with E-state index in [1.165, 1.54) is 7.11 Å². The molecule has 2 aromatic rings. The lowest BCUT2D eigenvalue weighted by molar-refractivity contribution is -0.130. The number of carbonyl (C=O) groups is 1. The van der Waals surface area contributed by atoms with Gasteiger partial charge in [-0.05, 0) is 37.0 Å². The molecule has 0 aromatic carbocycles. The largest absolute Gasteiger partial charge is 0.481 e. The van der Waals surface area contributed by atoms with Gasteiger partial charge in [0, 0.05) is 12.3 Å². The van der Waals surface area contributed by atoms with Gasteiger partial charge in [-0.1, -0.05) is 13.0 Å². The van der Waals surface area contributed by atoms with Crippen molar-refractivity contribution in [2.24, 2.45) is 5.92 Å². The molecule has 0 saturated heterocycles. The number of nitrogens with zero attached hydrogens (tertiary/aromatic N) is 2. The molecule has 6 heteroatoms. The Morgan fingerprint density at radius 3 is 2.96 bits per heavy atom. The van der Waals surface area contributed by atoms with Crippen LogP contribution >= 0.6 is 0 Å². The second-order valence-corrected chi connectivity index (χ2v) is 5.83. The van der Waals surface area contributed by atoms with E-state index in [9.17, 15) is 9.90 Å². The zero-order chi connectivity index (χ0) is 16.4. The molecule has 1 aliphatic carbocycles. The standard InChI is InChI=1S/C17H19N3O3/c1-11-5-8-17(22,9-6-11)16(21)19-13-7-10-18-12-3-4-14(23-2)20-15(12)13/h3-5,7-8,10-11,22H,6,9H2,1-2H3,(H,18,19,21)/t11-,17+/m0/s1. The smallest absolute Gasteiger partial charge is 0.260 e. The van der Waals surface area contributed by atoms with E-state index in [1.807, 2.05) is 6.08 Å². The molecule has 3 rings (SSSR count). The number of carbonyl (C=O) groups excluding carboxylic acids is 1. The van der Waals surface area contributed by atoms with Crippen molar-refractivity contribution in [3.05, 3.63) is 36.5 Å². The number of aromatic nitrogens is 2. The first-order valence-electron chi connectivity index (χ1n) is 7.55. The highest BCUT2D eigenvalue weighted by Gasteiger charge is 2.35. The first-order chi connectivity index (χ1) is 11.0. The van der Waals surface area contributed by atoms with Gasteiger partial charge in [0.1, 0.15) is 5.52 Å². The molecule has 0 unspecified atom stereocenters. The molecule has 0 fully saturated rings. The molecular formula is C17H19N3O3. The third-order valence-electron chi connectivity index (χ3n) is 4.09. The Hall–Kier alpha value is -2.47. The Morgan fingerprint density at radius 1 is 1.43 bits per heavy atom. The van der Waals surface area contributed by atoms with Crippen LogP contribution in [0.3, 0.4) is 0 Å². The predicted octanol–water partition coefficient (Wildman–Crippen LogP) is 2.29. The summed E-state index contributed by atoms with van der Waals surface area (Å²) in [4.78, 5) is 21.0. The van der Waals surface area contributed by atoms with Crippen LogP contribution in [0.25, 0.3) is 11.0 Å². The summed E-state index contributed by atoms with van der Waals surface area (Å²) < 4.78 is 5.12. The van der Waals surface area contributed by atoms with E-state index in [0.29, 0.717) is 34.9 Å². The number of rotatable bonds is 3. The van der Waals surface area contributed by atoms with Crippen LogP contribution in [0.5, 0.6) is 5.88 Å². The van der Waals surface area contributed by atoms with Crippen LogP contribution < -0.4 is 10.1 Å². The van der Waals surface area contributed by atoms with Crippen molar-refractivity contribution < 1.29 is 14.6 Å². The lowest BCUT2D eigenvalue weighted by atomic mass is 9.85. The van der Waals surface area contributed by atoms with Gasteiger partial charge < -0.3 is 15.2 Å². The zero-order valence-electron chi connectivity index (χ0n) is 13.1. The number of allylic oxidation sites excluding steroid dienone is 1. The van der Waals surface area contributed by atoms with Crippen LogP contribution in [-0.2, 0) is 4.79 Å². The second-order valence-electron chi connectivity index (χ2n) is 5.83. The van der Waals surface area contributed by atoms with E-state index in [-0.39, 0.29) is 0 Å². The van der Waals surface area contributed by atoms with Crippen LogP contribution in [-0.4, -0.2) is 33.7 Å². The number of methoxy groups -OCH3 is 1. The second kappa shape index (κ2) is 5.96. The summed E-state index contributed by atoms with van der Waals surface area (Å²) in [6.45, 7) is 2.06. The molecule has 6 nitrogen and oxygen atoms in total. The fraction of sp³-hybridized carbons (Fsp3) is 0.353. The summed E-state index contributed by atoms with van der Waals surface area (Å²) in [5.41, 5.74) is 0.181. The van der Waals surface area contributed by atoms with Crippen LogP contribution in [0, 0.1) is 5.92 Å². The van der Waals surface area contributed by atoms with Gasteiger partial charge in [0.25, 0.3) is 5.91 Å². The van der Waals surface area contributed by atoms with Crippen LogP contribution in [0.15, 0.2) is 36.5 Å². The molecule has 1 aliphatic rings. The number of pyridine rings is 2. The summed E-state index contributed by atoms with van der Waals surface area (Å²) in [6, 6.07) is 5.14. The quantitative estimate of drug-likeness (QED) is 0.849. The highest BCUT2D eigenvalue weighted by Crippen LogP contribution is 2.28. The van der Waals surface area contributed by atoms with Gasteiger partial charge in [-0.3, -0.25) is 9.78 Å². The molecule has 0 aliphatic heterocycles. The van der Waals surface area contributed by atoms with E-state index in [1.54, 1.807) is 30.5 Å². The van der Waals surface area contributed by atoms with Crippen molar-refractivity contribution in [1.82, 2.24) is 9.97 Å². The SMILES string of the molecule is COc1ccc2nccc(NC(=O)[C@@]3(O)C=C[C@H](C)CC3)c2n1. The Balaban J connectivity index is 1.92. The Kier molecular flexibility index (Phi) is 4.00. The van der Waals surface area contributed by atoms with Gasteiger partial charge >= 0.3 is 0 Å². The number of ether oxygens (including phenoxy) is 1. The van der Waals surface area contributed by atoms with Crippen molar-refractivity contribution in [3.63, 3.8) is 0 Å². The molecule has 2 heterocycles. The van der Waals surface area contributed by atoms with Gasteiger partial charge in [-0.2, -0.15) is 0 Å². The average Bonchev–Trinajstić information content (AvgIpc) is 2.57. The van der Waals surface area contributed by atoms with Crippen LogP contribution in [0.4, 0.5) is 5.69 Å². The van der Waals surface area contributed by atoms with Gasteiger partial charge in [0.15, 0.2) is 5.60 Å². The van der Waals surface area contributed by atoms with Crippen LogP contribution in [0.2, 0.25) is 0 Å². The molecule has 2 atom stereocenters. The third kappa shape index (κ3) is 3.03. The molecular weight excluding hydrogens is 294 g/mol. The summed E-state index contributed by atoms with van der Waals surface area (Å²) in [5, 5.41) is 13.3. The van der Waals surface area contributed by atoms with Gasteiger partial charge in [0.2, 0.25) is 5.88 Å². The molecule has 1 amide bonds. The van der Waals surface area contributed by atoms with E-state index < -0.39 is 11.5 Å². The van der Waals surface area contributed by atoms with Gasteiger partial charge in [-0.25, -0.2) is 4.98 Å². The predicted molar refractivity (Wildman–Crippen MR) is 87.2 cm³/mol. The van der Waals surface area contributed by atoms with E-state index >= 15 is 0 Å². The van der Waals surface area contributed by atoms with Gasteiger partial charge in [0.05, 0.1) is 18.3 Å². The summed E-state index contributed by atoms with van der Waals surface area (Å²) >= 11 is 0. The summed E-state index contributed by atoms with van der Waals surface area (Å²) in [6.07, 6.45) is 6.21. The lowest BCUT2D eigenvalue weighted by Crippen LogP contribution is -2.43. The Labute approximate surface area is 134 Å². The Bertz CT molecular complexity index is 775. The van der Waals surface area contributed by atoms with Crippen molar-refractivity contribution in [1.29, 1.82) is 0 Å². The maximum Gasteiger partial charge on any atom is 0.260 e. The highest BCUT2D eigenvalue weighted by atomic mass is 16.5. The number of amides is 1. The number of fused-ring (bicyclic) bond motifs is 1. The van der Waals surface area contributed by atoms with Crippen molar-refractivity contribution in [3.8, 4) is 5.88 Å². The number of hydrogen-bond acceptors (Lipinski definition) is 5. The average molecular weight is 313 g/mol. The highest BCUT2D eigenvalue weighted by molar-refractivity contribution is 6.03. The topological polar surface area (TPSA) is 84.3 Å². The maximum absolute atomic E-state index is 12.5. The zero-order valence-corrected chi connectivity index (χ0v) is 13.1. The minimum atomic E-state index is -1.49. The van der Waals surface area contributed by atoms with Crippen molar-refractivity contribution >= 4 is 22.6 Å². The van der Waals surface area contributed by atoms with E-state index in [4.69, 9.17) is 4.74 Å². The minimum Gasteiger partial charge on any atom is -0.481 e. The Morgan fingerprint density at radius 2 is 2.26 bits per heavy atom. The third-order valence-corrected chi connectivity index (χ3v) is 4.09. The number of nitrogens with one attached hydrogen (secondary N) is 1. The van der Waals surface area contributed by atoms with E-state index in [0.717, 1.165) is 6.42 Å². The normalized spacial score (nSPS) is 23.7. The molecule has 23 heavy (non-hydrogen) atoms. The number of aliphatic hydroxyl groups is 1. The van der Waals surface area contributed by atoms with E-state index in [2.05, 4.69) is 22.2 Å². The fourth-order valence-electron chi connectivity index (χ4n) is 2.59. The maximum atomic E-state index is 12.5. The van der Waals surface area contributed by atoms with Crippen LogP contribution in [0.1, 0.15) is 19.8 Å². The van der Waals surface area contributed by atoms with Gasteiger partial charge in [-0.15, -0.1) is 0 Å². The molecule has 120 valence electrons. The molecule has 2 aromatic heterocycles. The summed E-state index contributed by atoms with van der Waals surface area (Å²) in [5.74, 6) is 0.347. The monoisotopic (exact) mass is 313 g/mol. The first kappa shape index (κ1) is 15.4. The first-order valence-corrected chi connectivity index (χ1v) is 7.55. The molecule has 0 radical (unpaired) electrons. The molecule has 0 spiro atoms. The number of anilines is 1. The fourth-order valence-corrected chi connectivity index (χ4v) is 2.59.